The largest absolute Gasteiger partial charge is 0.449 e. The Morgan fingerprint density at radius 3 is 2.89 bits per heavy atom. The number of amides is 1. The van der Waals surface area contributed by atoms with Gasteiger partial charge in [0.1, 0.15) is 5.15 Å². The molecule has 0 aromatic carbocycles. The number of nitrogens with one attached hydrogen (secondary N) is 1. The number of rotatable bonds is 4. The molecule has 1 aromatic rings. The Kier molecular flexibility index (Phi) is 3.81. The second-order valence-electron chi connectivity index (χ2n) is 4.17. The number of ether oxygens (including phenoxy) is 1. The van der Waals surface area contributed by atoms with Crippen molar-refractivity contribution in [3.63, 3.8) is 0 Å². The van der Waals surface area contributed by atoms with Crippen LogP contribution in [0.4, 0.5) is 0 Å². The number of pyridine rings is 1. The van der Waals surface area contributed by atoms with Crippen LogP contribution in [0.2, 0.25) is 5.15 Å². The molecule has 0 bridgehead atoms. The number of nitrogens with zero attached hydrogens (tertiary/aromatic N) is 1. The maximum atomic E-state index is 11.8. The van der Waals surface area contributed by atoms with Crippen LogP contribution < -0.4 is 5.32 Å². The van der Waals surface area contributed by atoms with Gasteiger partial charge >= 0.3 is 5.97 Å². The smallest absolute Gasteiger partial charge is 0.342 e. The first kappa shape index (κ1) is 12.8. The van der Waals surface area contributed by atoms with E-state index < -0.39 is 12.1 Å². The number of hydrogen-bond acceptors (Lipinski definition) is 4. The summed E-state index contributed by atoms with van der Waals surface area (Å²) in [5.74, 6) is -0.933. The number of carbonyl (C=O) groups excluding carboxylic acids is 2. The second-order valence-corrected chi connectivity index (χ2v) is 4.53. The minimum atomic E-state index is -0.839. The highest BCUT2D eigenvalue weighted by Gasteiger charge is 2.27. The normalized spacial score (nSPS) is 15.9. The molecular weight excluding hydrogens is 256 g/mol. The van der Waals surface area contributed by atoms with Gasteiger partial charge in [0.2, 0.25) is 0 Å². The van der Waals surface area contributed by atoms with Crippen molar-refractivity contribution < 1.29 is 14.3 Å². The zero-order valence-corrected chi connectivity index (χ0v) is 10.6. The van der Waals surface area contributed by atoms with E-state index in [-0.39, 0.29) is 22.7 Å². The molecule has 0 saturated heterocycles. The average molecular weight is 269 g/mol. The predicted molar refractivity (Wildman–Crippen MR) is 65.3 cm³/mol. The lowest BCUT2D eigenvalue weighted by molar-refractivity contribution is -0.129. The molecule has 1 heterocycles. The van der Waals surface area contributed by atoms with E-state index in [2.05, 4.69) is 10.3 Å². The van der Waals surface area contributed by atoms with E-state index in [9.17, 15) is 9.59 Å². The molecule has 1 N–H and O–H groups in total. The number of aromatic nitrogens is 1. The van der Waals surface area contributed by atoms with E-state index in [1.807, 2.05) is 0 Å². The van der Waals surface area contributed by atoms with Crippen molar-refractivity contribution in [3.8, 4) is 0 Å². The molecule has 0 radical (unpaired) electrons. The van der Waals surface area contributed by atoms with Gasteiger partial charge in [0.25, 0.3) is 5.91 Å². The third kappa shape index (κ3) is 3.20. The van der Waals surface area contributed by atoms with Crippen molar-refractivity contribution in [1.82, 2.24) is 10.3 Å². The predicted octanol–water partition coefficient (Wildman–Crippen LogP) is 1.56. The standard InChI is InChI=1S/C12H13ClN2O3/c1-7(11(16)15-8-4-5-8)18-12(17)9-3-2-6-14-10(9)13/h2-3,6-8H,4-5H2,1H3,(H,15,16)/t7-/m1/s1. The molecule has 1 aromatic heterocycles. The fourth-order valence-electron chi connectivity index (χ4n) is 1.36. The maximum Gasteiger partial charge on any atom is 0.342 e. The van der Waals surface area contributed by atoms with Crippen molar-refractivity contribution in [1.29, 1.82) is 0 Å². The number of esters is 1. The molecular formula is C12H13ClN2O3. The summed E-state index contributed by atoms with van der Waals surface area (Å²) >= 11 is 5.76. The molecule has 2 rings (SSSR count). The van der Waals surface area contributed by atoms with Crippen LogP contribution in [0.25, 0.3) is 0 Å². The van der Waals surface area contributed by atoms with Crippen LogP contribution in [0.15, 0.2) is 18.3 Å². The summed E-state index contributed by atoms with van der Waals surface area (Å²) in [5.41, 5.74) is 0.158. The lowest BCUT2D eigenvalue weighted by Crippen LogP contribution is -2.37. The van der Waals surface area contributed by atoms with Crippen LogP contribution in [0.5, 0.6) is 0 Å². The Bertz CT molecular complexity index is 474. The second kappa shape index (κ2) is 5.35. The quantitative estimate of drug-likeness (QED) is 0.665. The van der Waals surface area contributed by atoms with Crippen LogP contribution in [-0.4, -0.2) is 29.0 Å². The molecule has 96 valence electrons. The molecule has 1 atom stereocenters. The van der Waals surface area contributed by atoms with E-state index in [0.717, 1.165) is 12.8 Å². The average Bonchev–Trinajstić information content (AvgIpc) is 3.13. The first-order valence-corrected chi connectivity index (χ1v) is 6.07. The van der Waals surface area contributed by atoms with E-state index in [1.165, 1.54) is 19.2 Å². The van der Waals surface area contributed by atoms with Crippen LogP contribution >= 0.6 is 11.6 Å². The molecule has 0 spiro atoms. The van der Waals surface area contributed by atoms with Crippen molar-refractivity contribution in [2.75, 3.05) is 0 Å². The molecule has 1 amide bonds. The molecule has 18 heavy (non-hydrogen) atoms. The molecule has 1 aliphatic carbocycles. The van der Waals surface area contributed by atoms with Gasteiger partial charge in [-0.3, -0.25) is 4.79 Å². The van der Waals surface area contributed by atoms with Crippen molar-refractivity contribution in [2.24, 2.45) is 0 Å². The first-order valence-electron chi connectivity index (χ1n) is 5.70. The van der Waals surface area contributed by atoms with Crippen LogP contribution in [0, 0.1) is 0 Å². The topological polar surface area (TPSA) is 68.3 Å². The highest BCUT2D eigenvalue weighted by Crippen LogP contribution is 2.19. The third-order valence-electron chi connectivity index (χ3n) is 2.56. The van der Waals surface area contributed by atoms with Gasteiger partial charge in [-0.15, -0.1) is 0 Å². The summed E-state index contributed by atoms with van der Waals surface area (Å²) in [4.78, 5) is 27.1. The lowest BCUT2D eigenvalue weighted by atomic mass is 10.3. The van der Waals surface area contributed by atoms with Gasteiger partial charge < -0.3 is 10.1 Å². The fourth-order valence-corrected chi connectivity index (χ4v) is 1.56. The van der Waals surface area contributed by atoms with Crippen molar-refractivity contribution in [3.05, 3.63) is 29.0 Å². The van der Waals surface area contributed by atoms with Gasteiger partial charge in [-0.2, -0.15) is 0 Å². The van der Waals surface area contributed by atoms with Crippen molar-refractivity contribution >= 4 is 23.5 Å². The molecule has 1 aliphatic rings. The van der Waals surface area contributed by atoms with Gasteiger partial charge in [-0.25, -0.2) is 9.78 Å². The number of hydrogen-bond donors (Lipinski definition) is 1. The van der Waals surface area contributed by atoms with E-state index >= 15 is 0 Å². The minimum Gasteiger partial charge on any atom is -0.449 e. The van der Waals surface area contributed by atoms with Crippen LogP contribution in [-0.2, 0) is 9.53 Å². The van der Waals surface area contributed by atoms with E-state index in [0.29, 0.717) is 0 Å². The minimum absolute atomic E-state index is 0.0669. The molecule has 1 saturated carbocycles. The number of halogens is 1. The molecule has 0 unspecified atom stereocenters. The van der Waals surface area contributed by atoms with Gasteiger partial charge in [0, 0.05) is 12.2 Å². The van der Waals surface area contributed by atoms with Crippen LogP contribution in [0.1, 0.15) is 30.1 Å². The Labute approximate surface area is 109 Å². The Morgan fingerprint density at radius 2 is 2.28 bits per heavy atom. The molecule has 1 fully saturated rings. The Hall–Kier alpha value is -1.62. The van der Waals surface area contributed by atoms with Crippen LogP contribution in [0.3, 0.4) is 0 Å². The summed E-state index contributed by atoms with van der Waals surface area (Å²) < 4.78 is 5.03. The first-order chi connectivity index (χ1) is 8.58. The highest BCUT2D eigenvalue weighted by atomic mass is 35.5. The highest BCUT2D eigenvalue weighted by molar-refractivity contribution is 6.32. The molecule has 6 heteroatoms. The Morgan fingerprint density at radius 1 is 1.56 bits per heavy atom. The van der Waals surface area contributed by atoms with Gasteiger partial charge in [-0.1, -0.05) is 11.6 Å². The van der Waals surface area contributed by atoms with Gasteiger partial charge in [-0.05, 0) is 31.9 Å². The lowest BCUT2D eigenvalue weighted by Gasteiger charge is -2.13. The SMILES string of the molecule is C[C@@H](OC(=O)c1cccnc1Cl)C(=O)NC1CC1. The van der Waals surface area contributed by atoms with E-state index in [1.54, 1.807) is 6.07 Å². The van der Waals surface area contributed by atoms with Gasteiger partial charge in [0.05, 0.1) is 5.56 Å². The Balaban J connectivity index is 1.94. The zero-order valence-electron chi connectivity index (χ0n) is 9.85. The van der Waals surface area contributed by atoms with Gasteiger partial charge in [0.15, 0.2) is 6.10 Å². The summed E-state index contributed by atoms with van der Waals surface area (Å²) in [6, 6.07) is 3.32. The van der Waals surface area contributed by atoms with E-state index in [4.69, 9.17) is 16.3 Å². The zero-order chi connectivity index (χ0) is 13.1. The molecule has 5 nitrogen and oxygen atoms in total. The summed E-state index contributed by atoms with van der Waals surface area (Å²) in [6.07, 6.45) is 2.61. The summed E-state index contributed by atoms with van der Waals surface area (Å²) in [6.45, 7) is 1.53. The fraction of sp³-hybridized carbons (Fsp3) is 0.417. The monoisotopic (exact) mass is 268 g/mol. The third-order valence-corrected chi connectivity index (χ3v) is 2.86. The molecule has 0 aliphatic heterocycles. The summed E-state index contributed by atoms with van der Waals surface area (Å²) in [7, 11) is 0. The number of carbonyl (C=O) groups is 2. The van der Waals surface area contributed by atoms with Crippen molar-refractivity contribution in [2.45, 2.75) is 31.9 Å². The maximum absolute atomic E-state index is 11.8. The summed E-state index contributed by atoms with van der Waals surface area (Å²) in [5, 5.41) is 2.83.